The standard InChI is InChI=1S/C15H10ClFOS/c1-9-15(10-2-4-11(17)5-3-10)12(8-18-9)13-6-7-14(16)19-13/h2-7H,1,8H2. The van der Waals surface area contributed by atoms with Crippen LogP contribution >= 0.6 is 22.9 Å². The van der Waals surface area contributed by atoms with E-state index in [1.165, 1.54) is 23.5 Å². The van der Waals surface area contributed by atoms with E-state index in [1.54, 1.807) is 12.1 Å². The Morgan fingerprint density at radius 2 is 1.89 bits per heavy atom. The summed E-state index contributed by atoms with van der Waals surface area (Å²) in [5, 5.41) is 0. The molecule has 0 amide bonds. The first kappa shape index (κ1) is 12.5. The molecule has 0 fully saturated rings. The van der Waals surface area contributed by atoms with E-state index >= 15 is 0 Å². The number of halogens is 2. The predicted molar refractivity (Wildman–Crippen MR) is 77.6 cm³/mol. The first-order chi connectivity index (χ1) is 9.15. The van der Waals surface area contributed by atoms with Crippen LogP contribution in [0.2, 0.25) is 4.34 Å². The third-order valence-corrected chi connectivity index (χ3v) is 4.27. The molecule has 1 aromatic heterocycles. The van der Waals surface area contributed by atoms with Gasteiger partial charge in [-0.25, -0.2) is 4.39 Å². The van der Waals surface area contributed by atoms with Crippen molar-refractivity contribution in [3.63, 3.8) is 0 Å². The van der Waals surface area contributed by atoms with Crippen molar-refractivity contribution < 1.29 is 9.13 Å². The molecule has 0 spiro atoms. The van der Waals surface area contributed by atoms with Crippen LogP contribution in [-0.4, -0.2) is 6.61 Å². The summed E-state index contributed by atoms with van der Waals surface area (Å²) < 4.78 is 19.3. The number of allylic oxidation sites excluding steroid dienone is 1. The molecule has 0 aliphatic carbocycles. The van der Waals surface area contributed by atoms with Crippen molar-refractivity contribution >= 4 is 34.1 Å². The number of ether oxygens (including phenoxy) is 1. The number of thiophene rings is 1. The lowest BCUT2D eigenvalue weighted by Gasteiger charge is -2.05. The summed E-state index contributed by atoms with van der Waals surface area (Å²) in [5.74, 6) is 0.362. The Balaban J connectivity index is 2.13. The van der Waals surface area contributed by atoms with Crippen LogP contribution in [0, 0.1) is 5.82 Å². The predicted octanol–water partition coefficient (Wildman–Crippen LogP) is 5.00. The van der Waals surface area contributed by atoms with Gasteiger partial charge in [-0.2, -0.15) is 0 Å². The van der Waals surface area contributed by atoms with Crippen LogP contribution in [-0.2, 0) is 4.74 Å². The molecule has 3 rings (SSSR count). The van der Waals surface area contributed by atoms with Crippen molar-refractivity contribution in [2.24, 2.45) is 0 Å². The monoisotopic (exact) mass is 292 g/mol. The van der Waals surface area contributed by atoms with Crippen LogP contribution in [0.5, 0.6) is 0 Å². The maximum Gasteiger partial charge on any atom is 0.123 e. The Kier molecular flexibility index (Phi) is 3.17. The van der Waals surface area contributed by atoms with Crippen molar-refractivity contribution in [1.82, 2.24) is 0 Å². The Bertz CT molecular complexity index is 670. The Hall–Kier alpha value is -1.58. The zero-order chi connectivity index (χ0) is 13.4. The largest absolute Gasteiger partial charge is 0.489 e. The van der Waals surface area contributed by atoms with Crippen LogP contribution < -0.4 is 0 Å². The molecule has 0 N–H and O–H groups in total. The van der Waals surface area contributed by atoms with Gasteiger partial charge in [0.25, 0.3) is 0 Å². The molecule has 1 aliphatic heterocycles. The van der Waals surface area contributed by atoms with Crippen molar-refractivity contribution in [2.45, 2.75) is 0 Å². The maximum absolute atomic E-state index is 13.0. The summed E-state index contributed by atoms with van der Waals surface area (Å²) in [6, 6.07) is 10.2. The zero-order valence-electron chi connectivity index (χ0n) is 9.95. The number of hydrogen-bond donors (Lipinski definition) is 0. The van der Waals surface area contributed by atoms with E-state index < -0.39 is 0 Å². The molecule has 0 unspecified atom stereocenters. The molecular weight excluding hydrogens is 283 g/mol. The molecule has 1 aromatic carbocycles. The van der Waals surface area contributed by atoms with Gasteiger partial charge in [0.2, 0.25) is 0 Å². The molecule has 1 aliphatic rings. The molecule has 0 radical (unpaired) electrons. The fraction of sp³-hybridized carbons (Fsp3) is 0.0667. The van der Waals surface area contributed by atoms with Crippen LogP contribution in [0.15, 0.2) is 48.7 Å². The summed E-state index contributed by atoms with van der Waals surface area (Å²) in [7, 11) is 0. The van der Waals surface area contributed by atoms with E-state index in [2.05, 4.69) is 6.58 Å². The molecule has 1 nitrogen and oxygen atoms in total. The second-order valence-electron chi connectivity index (χ2n) is 4.18. The fourth-order valence-corrected chi connectivity index (χ4v) is 3.17. The van der Waals surface area contributed by atoms with E-state index in [-0.39, 0.29) is 5.82 Å². The third-order valence-electron chi connectivity index (χ3n) is 2.97. The number of hydrogen-bond acceptors (Lipinski definition) is 2. The van der Waals surface area contributed by atoms with Gasteiger partial charge in [0.15, 0.2) is 0 Å². The molecule has 0 atom stereocenters. The Labute approximate surface area is 119 Å². The zero-order valence-corrected chi connectivity index (χ0v) is 11.5. The van der Waals surface area contributed by atoms with Crippen molar-refractivity contribution in [3.8, 4) is 0 Å². The van der Waals surface area contributed by atoms with Crippen LogP contribution in [0.25, 0.3) is 11.1 Å². The smallest absolute Gasteiger partial charge is 0.123 e. The first-order valence-electron chi connectivity index (χ1n) is 5.72. The Morgan fingerprint density at radius 1 is 1.16 bits per heavy atom. The van der Waals surface area contributed by atoms with Gasteiger partial charge in [-0.05, 0) is 29.8 Å². The van der Waals surface area contributed by atoms with Crippen molar-refractivity contribution in [3.05, 3.63) is 69.3 Å². The third kappa shape index (κ3) is 2.31. The van der Waals surface area contributed by atoms with Crippen molar-refractivity contribution in [2.75, 3.05) is 6.61 Å². The SMILES string of the molecule is C=C1OCC(c2ccc(Cl)s2)=C1c1ccc(F)cc1. The summed E-state index contributed by atoms with van der Waals surface area (Å²) in [5.41, 5.74) is 2.88. The molecule has 0 saturated heterocycles. The molecule has 4 heteroatoms. The lowest BCUT2D eigenvalue weighted by molar-refractivity contribution is 0.286. The minimum atomic E-state index is -0.255. The summed E-state index contributed by atoms with van der Waals surface area (Å²) in [6.07, 6.45) is 0. The van der Waals surface area contributed by atoms with Gasteiger partial charge < -0.3 is 4.74 Å². The minimum absolute atomic E-state index is 0.255. The van der Waals surface area contributed by atoms with E-state index in [0.29, 0.717) is 12.4 Å². The van der Waals surface area contributed by atoms with Crippen molar-refractivity contribution in [1.29, 1.82) is 0 Å². The highest BCUT2D eigenvalue weighted by molar-refractivity contribution is 7.17. The van der Waals surface area contributed by atoms with Crippen LogP contribution in [0.3, 0.4) is 0 Å². The highest BCUT2D eigenvalue weighted by atomic mass is 35.5. The summed E-state index contributed by atoms with van der Waals surface area (Å²) in [6.45, 7) is 4.39. The van der Waals surface area contributed by atoms with E-state index in [1.807, 2.05) is 12.1 Å². The van der Waals surface area contributed by atoms with Gasteiger partial charge in [0, 0.05) is 16.0 Å². The normalized spacial score (nSPS) is 14.9. The topological polar surface area (TPSA) is 9.23 Å². The van der Waals surface area contributed by atoms with E-state index in [4.69, 9.17) is 16.3 Å². The molecule has 2 aromatic rings. The summed E-state index contributed by atoms with van der Waals surface area (Å²) >= 11 is 7.47. The van der Waals surface area contributed by atoms with Crippen LogP contribution in [0.1, 0.15) is 10.4 Å². The van der Waals surface area contributed by atoms with Gasteiger partial charge in [-0.1, -0.05) is 30.3 Å². The van der Waals surface area contributed by atoms with Gasteiger partial charge in [-0.3, -0.25) is 0 Å². The number of rotatable bonds is 2. The first-order valence-corrected chi connectivity index (χ1v) is 6.91. The average molecular weight is 293 g/mol. The summed E-state index contributed by atoms with van der Waals surface area (Å²) in [4.78, 5) is 1.06. The average Bonchev–Trinajstić information content (AvgIpc) is 2.97. The molecule has 0 bridgehead atoms. The second kappa shape index (κ2) is 4.83. The van der Waals surface area contributed by atoms with Gasteiger partial charge in [0.1, 0.15) is 18.2 Å². The van der Waals surface area contributed by atoms with Gasteiger partial charge >= 0.3 is 0 Å². The highest BCUT2D eigenvalue weighted by Crippen LogP contribution is 2.40. The molecular formula is C15H10ClFOS. The van der Waals surface area contributed by atoms with E-state index in [9.17, 15) is 4.39 Å². The Morgan fingerprint density at radius 3 is 2.53 bits per heavy atom. The minimum Gasteiger partial charge on any atom is -0.489 e. The quantitative estimate of drug-likeness (QED) is 0.757. The van der Waals surface area contributed by atoms with Gasteiger partial charge in [0.05, 0.1) is 4.34 Å². The van der Waals surface area contributed by atoms with Gasteiger partial charge in [-0.15, -0.1) is 11.3 Å². The van der Waals surface area contributed by atoms with E-state index in [0.717, 1.165) is 25.9 Å². The fourth-order valence-electron chi connectivity index (χ4n) is 2.09. The molecule has 19 heavy (non-hydrogen) atoms. The van der Waals surface area contributed by atoms with Crippen LogP contribution in [0.4, 0.5) is 4.39 Å². The number of benzene rings is 1. The second-order valence-corrected chi connectivity index (χ2v) is 5.89. The lowest BCUT2D eigenvalue weighted by atomic mass is 10.00. The highest BCUT2D eigenvalue weighted by Gasteiger charge is 2.23. The molecule has 2 heterocycles. The lowest BCUT2D eigenvalue weighted by Crippen LogP contribution is -1.87. The maximum atomic E-state index is 13.0. The molecule has 96 valence electrons. The molecule has 0 saturated carbocycles.